The number of hydrogen-bond acceptors (Lipinski definition) is 4. The monoisotopic (exact) mass is 199 g/mol. The van der Waals surface area contributed by atoms with Crippen molar-refractivity contribution in [3.63, 3.8) is 0 Å². The van der Waals surface area contributed by atoms with E-state index in [1.165, 1.54) is 26.1 Å². The Morgan fingerprint density at radius 2 is 2.00 bits per heavy atom. The Kier molecular flexibility index (Phi) is 4.19. The highest BCUT2D eigenvalue weighted by Gasteiger charge is 2.15. The van der Waals surface area contributed by atoms with Crippen LogP contribution in [0.1, 0.15) is 6.42 Å². The quantitative estimate of drug-likeness (QED) is 0.628. The number of hydrogen-bond donors (Lipinski definition) is 2. The van der Waals surface area contributed by atoms with Crippen molar-refractivity contribution < 1.29 is 4.74 Å². The summed E-state index contributed by atoms with van der Waals surface area (Å²) in [5.74, 6) is 0. The second-order valence-electron chi connectivity index (χ2n) is 4.08. The van der Waals surface area contributed by atoms with Gasteiger partial charge in [0.05, 0.1) is 12.7 Å². The fourth-order valence-electron chi connectivity index (χ4n) is 2.07. The Labute approximate surface area is 86.0 Å². The van der Waals surface area contributed by atoms with Crippen LogP contribution in [-0.2, 0) is 4.74 Å². The first-order valence-corrected chi connectivity index (χ1v) is 5.70. The largest absolute Gasteiger partial charge is 0.376 e. The third kappa shape index (κ3) is 3.20. The Bertz CT molecular complexity index is 135. The lowest BCUT2D eigenvalue weighted by Gasteiger charge is -2.30. The van der Waals surface area contributed by atoms with E-state index in [9.17, 15) is 0 Å². The smallest absolute Gasteiger partial charge is 0.0712 e. The average Bonchev–Trinajstić information content (AvgIpc) is 2.29. The van der Waals surface area contributed by atoms with Crippen LogP contribution in [0.25, 0.3) is 0 Å². The molecule has 0 bridgehead atoms. The van der Waals surface area contributed by atoms with Gasteiger partial charge in [-0.05, 0) is 6.42 Å². The maximum Gasteiger partial charge on any atom is 0.0712 e. The molecule has 1 atom stereocenters. The summed E-state index contributed by atoms with van der Waals surface area (Å²) in [4.78, 5) is 2.52. The van der Waals surface area contributed by atoms with Gasteiger partial charge in [-0.25, -0.2) is 0 Å². The molecule has 2 saturated heterocycles. The molecule has 0 aromatic rings. The molecular weight excluding hydrogens is 178 g/mol. The first-order valence-electron chi connectivity index (χ1n) is 5.70. The minimum atomic E-state index is 0.443. The van der Waals surface area contributed by atoms with Crippen molar-refractivity contribution in [3.8, 4) is 0 Å². The molecule has 2 N–H and O–H groups in total. The molecule has 0 aliphatic carbocycles. The van der Waals surface area contributed by atoms with E-state index in [1.807, 2.05) is 0 Å². The molecule has 1 unspecified atom stereocenters. The van der Waals surface area contributed by atoms with Gasteiger partial charge in [0, 0.05) is 45.8 Å². The number of rotatable bonds is 3. The molecule has 82 valence electrons. The topological polar surface area (TPSA) is 36.5 Å². The van der Waals surface area contributed by atoms with E-state index in [-0.39, 0.29) is 0 Å². The molecule has 2 aliphatic rings. The Hall–Kier alpha value is -0.160. The van der Waals surface area contributed by atoms with Crippen LogP contribution in [0.15, 0.2) is 0 Å². The van der Waals surface area contributed by atoms with Crippen LogP contribution in [0.3, 0.4) is 0 Å². The molecule has 14 heavy (non-hydrogen) atoms. The van der Waals surface area contributed by atoms with E-state index >= 15 is 0 Å². The number of nitrogens with one attached hydrogen (secondary N) is 2. The first-order chi connectivity index (χ1) is 6.95. The minimum Gasteiger partial charge on any atom is -0.376 e. The van der Waals surface area contributed by atoms with Crippen molar-refractivity contribution in [2.24, 2.45) is 0 Å². The fraction of sp³-hybridized carbons (Fsp3) is 1.00. The van der Waals surface area contributed by atoms with Gasteiger partial charge in [0.1, 0.15) is 0 Å². The van der Waals surface area contributed by atoms with Gasteiger partial charge in [0.15, 0.2) is 0 Å². The van der Waals surface area contributed by atoms with Crippen LogP contribution in [0.5, 0.6) is 0 Å². The Morgan fingerprint density at radius 1 is 1.14 bits per heavy atom. The fourth-order valence-corrected chi connectivity index (χ4v) is 2.07. The number of ether oxygens (including phenoxy) is 1. The van der Waals surface area contributed by atoms with E-state index in [0.717, 1.165) is 32.8 Å². The molecule has 2 heterocycles. The zero-order valence-electron chi connectivity index (χ0n) is 8.80. The van der Waals surface area contributed by atoms with Crippen LogP contribution in [-0.4, -0.2) is 63.4 Å². The van der Waals surface area contributed by atoms with Gasteiger partial charge in [0.2, 0.25) is 0 Å². The highest BCUT2D eigenvalue weighted by molar-refractivity contribution is 4.72. The van der Waals surface area contributed by atoms with Crippen LogP contribution < -0.4 is 10.6 Å². The molecule has 0 aromatic heterocycles. The van der Waals surface area contributed by atoms with Crippen molar-refractivity contribution in [1.82, 2.24) is 15.5 Å². The van der Waals surface area contributed by atoms with Crippen molar-refractivity contribution in [3.05, 3.63) is 0 Å². The summed E-state index contributed by atoms with van der Waals surface area (Å²) in [6.07, 6.45) is 1.62. The molecule has 0 radical (unpaired) electrons. The van der Waals surface area contributed by atoms with E-state index in [4.69, 9.17) is 4.74 Å². The molecular formula is C10H21N3O. The lowest BCUT2D eigenvalue weighted by molar-refractivity contribution is 0.0167. The third-order valence-electron chi connectivity index (χ3n) is 2.98. The van der Waals surface area contributed by atoms with Gasteiger partial charge >= 0.3 is 0 Å². The summed E-state index contributed by atoms with van der Waals surface area (Å²) in [6, 6.07) is 0. The Balaban J connectivity index is 1.60. The van der Waals surface area contributed by atoms with Gasteiger partial charge in [-0.1, -0.05) is 0 Å². The molecule has 0 aromatic carbocycles. The molecule has 2 rings (SSSR count). The lowest BCUT2D eigenvalue weighted by atomic mass is 10.2. The minimum absolute atomic E-state index is 0.443. The molecule has 2 aliphatic heterocycles. The normalized spacial score (nSPS) is 30.4. The molecule has 4 heteroatoms. The van der Waals surface area contributed by atoms with E-state index in [1.54, 1.807) is 0 Å². The van der Waals surface area contributed by atoms with E-state index in [0.29, 0.717) is 6.10 Å². The summed E-state index contributed by atoms with van der Waals surface area (Å²) >= 11 is 0. The predicted molar refractivity (Wildman–Crippen MR) is 56.5 cm³/mol. The predicted octanol–water partition coefficient (Wildman–Crippen LogP) is -0.730. The summed E-state index contributed by atoms with van der Waals surface area (Å²) in [5, 5.41) is 6.73. The molecule has 0 amide bonds. The second-order valence-corrected chi connectivity index (χ2v) is 4.08. The van der Waals surface area contributed by atoms with Crippen molar-refractivity contribution in [1.29, 1.82) is 0 Å². The maximum absolute atomic E-state index is 5.66. The zero-order valence-corrected chi connectivity index (χ0v) is 8.80. The second kappa shape index (κ2) is 5.66. The summed E-state index contributed by atoms with van der Waals surface area (Å²) in [5.41, 5.74) is 0. The lowest BCUT2D eigenvalue weighted by Crippen LogP contribution is -2.46. The standard InChI is InChI=1S/C10H21N3O/c1(10-9-12-4-8-14-10)5-13-6-2-11-3-7-13/h10-12H,1-9H2. The number of morpholine rings is 1. The van der Waals surface area contributed by atoms with Crippen molar-refractivity contribution >= 4 is 0 Å². The molecule has 2 fully saturated rings. The Morgan fingerprint density at radius 3 is 2.71 bits per heavy atom. The van der Waals surface area contributed by atoms with Crippen molar-refractivity contribution in [2.45, 2.75) is 12.5 Å². The van der Waals surface area contributed by atoms with Crippen LogP contribution in [0, 0.1) is 0 Å². The third-order valence-corrected chi connectivity index (χ3v) is 2.98. The maximum atomic E-state index is 5.66. The first kappa shape index (κ1) is 10.4. The number of nitrogens with zero attached hydrogens (tertiary/aromatic N) is 1. The van der Waals surface area contributed by atoms with Gasteiger partial charge < -0.3 is 20.3 Å². The highest BCUT2D eigenvalue weighted by Crippen LogP contribution is 2.03. The average molecular weight is 199 g/mol. The van der Waals surface area contributed by atoms with Gasteiger partial charge in [-0.15, -0.1) is 0 Å². The molecule has 0 saturated carbocycles. The van der Waals surface area contributed by atoms with Crippen LogP contribution in [0.2, 0.25) is 0 Å². The van der Waals surface area contributed by atoms with Crippen molar-refractivity contribution in [2.75, 3.05) is 52.4 Å². The SMILES string of the molecule is C1CN(CCC2CNCCO2)CCN1. The van der Waals surface area contributed by atoms with Gasteiger partial charge in [0.25, 0.3) is 0 Å². The van der Waals surface area contributed by atoms with Gasteiger partial charge in [-0.3, -0.25) is 0 Å². The van der Waals surface area contributed by atoms with Gasteiger partial charge in [-0.2, -0.15) is 0 Å². The van der Waals surface area contributed by atoms with Crippen LogP contribution >= 0.6 is 0 Å². The van der Waals surface area contributed by atoms with Crippen LogP contribution in [0.4, 0.5) is 0 Å². The molecule has 4 nitrogen and oxygen atoms in total. The summed E-state index contributed by atoms with van der Waals surface area (Å²) < 4.78 is 5.66. The van der Waals surface area contributed by atoms with E-state index < -0.39 is 0 Å². The summed E-state index contributed by atoms with van der Waals surface area (Å²) in [7, 11) is 0. The van der Waals surface area contributed by atoms with E-state index in [2.05, 4.69) is 15.5 Å². The zero-order chi connectivity index (χ0) is 9.64. The highest BCUT2D eigenvalue weighted by atomic mass is 16.5. The molecule has 0 spiro atoms. The number of piperazine rings is 1. The summed E-state index contributed by atoms with van der Waals surface area (Å²) in [6.45, 7) is 8.80.